The molecule has 0 aliphatic carbocycles. The molecular formula is C13H14N2O2. The molecule has 0 spiro atoms. The van der Waals surface area contributed by atoms with E-state index in [2.05, 4.69) is 11.4 Å². The van der Waals surface area contributed by atoms with E-state index in [1.807, 2.05) is 19.1 Å². The van der Waals surface area contributed by atoms with Crippen LogP contribution in [0.1, 0.15) is 18.1 Å². The molecule has 0 unspecified atom stereocenters. The first kappa shape index (κ1) is 12.8. The van der Waals surface area contributed by atoms with Crippen LogP contribution in [-0.2, 0) is 4.79 Å². The first-order chi connectivity index (χ1) is 8.04. The number of hydrogen-bond donors (Lipinski definition) is 2. The summed E-state index contributed by atoms with van der Waals surface area (Å²) in [6.07, 6.45) is 1.15. The minimum atomic E-state index is -0.964. The third kappa shape index (κ3) is 3.65. The summed E-state index contributed by atoms with van der Waals surface area (Å²) in [5, 5.41) is 20.6. The van der Waals surface area contributed by atoms with E-state index in [0.717, 1.165) is 17.3 Å². The van der Waals surface area contributed by atoms with Crippen molar-refractivity contribution in [3.63, 3.8) is 0 Å². The van der Waals surface area contributed by atoms with Crippen molar-refractivity contribution in [1.29, 1.82) is 5.26 Å². The van der Waals surface area contributed by atoms with Gasteiger partial charge in [0.05, 0.1) is 11.3 Å². The molecule has 0 heterocycles. The quantitative estimate of drug-likeness (QED) is 0.778. The minimum absolute atomic E-state index is 0.407. The maximum Gasteiger partial charge on any atom is 0.328 e. The molecule has 0 saturated heterocycles. The van der Waals surface area contributed by atoms with Gasteiger partial charge in [-0.15, -0.1) is 0 Å². The second-order valence-electron chi connectivity index (χ2n) is 3.79. The fraction of sp³-hybridized carbons (Fsp3) is 0.231. The van der Waals surface area contributed by atoms with Crippen molar-refractivity contribution in [2.24, 2.45) is 0 Å². The topological polar surface area (TPSA) is 73.1 Å². The Morgan fingerprint density at radius 3 is 2.88 bits per heavy atom. The lowest BCUT2D eigenvalue weighted by Crippen LogP contribution is -2.06. The molecular weight excluding hydrogens is 216 g/mol. The summed E-state index contributed by atoms with van der Waals surface area (Å²) >= 11 is 0. The maximum absolute atomic E-state index is 10.4. The fourth-order valence-electron chi connectivity index (χ4n) is 1.46. The van der Waals surface area contributed by atoms with Crippen LogP contribution in [0.2, 0.25) is 0 Å². The predicted octanol–water partition coefficient (Wildman–Crippen LogP) is 2.31. The highest BCUT2D eigenvalue weighted by molar-refractivity contribution is 5.80. The van der Waals surface area contributed by atoms with Gasteiger partial charge in [0.1, 0.15) is 6.07 Å². The Morgan fingerprint density at radius 1 is 1.59 bits per heavy atom. The van der Waals surface area contributed by atoms with E-state index in [-0.39, 0.29) is 0 Å². The number of benzene rings is 1. The second kappa shape index (κ2) is 5.71. The predicted molar refractivity (Wildman–Crippen MR) is 65.8 cm³/mol. The van der Waals surface area contributed by atoms with Crippen LogP contribution in [0.3, 0.4) is 0 Å². The average Bonchev–Trinajstić information content (AvgIpc) is 2.25. The number of carboxylic acid groups (broad SMARTS) is 1. The normalized spacial score (nSPS) is 10.8. The Labute approximate surface area is 100 Å². The van der Waals surface area contributed by atoms with Crippen molar-refractivity contribution in [3.05, 3.63) is 41.0 Å². The molecule has 1 aromatic carbocycles. The van der Waals surface area contributed by atoms with Gasteiger partial charge in [-0.25, -0.2) is 4.79 Å². The number of rotatable bonds is 4. The van der Waals surface area contributed by atoms with Crippen LogP contribution in [0.25, 0.3) is 0 Å². The number of carboxylic acids is 1. The van der Waals surface area contributed by atoms with Gasteiger partial charge in [0.15, 0.2) is 0 Å². The molecule has 0 fully saturated rings. The molecule has 4 heteroatoms. The van der Waals surface area contributed by atoms with E-state index in [1.54, 1.807) is 13.0 Å². The SMILES string of the molecule is C/C(=C/C(=O)O)CNc1cccc(C)c1C#N. The van der Waals surface area contributed by atoms with Gasteiger partial charge in [-0.05, 0) is 31.1 Å². The zero-order valence-electron chi connectivity index (χ0n) is 9.82. The zero-order chi connectivity index (χ0) is 12.8. The highest BCUT2D eigenvalue weighted by Crippen LogP contribution is 2.18. The molecule has 0 aromatic heterocycles. The average molecular weight is 230 g/mol. The number of aryl methyl sites for hydroxylation is 1. The van der Waals surface area contributed by atoms with E-state index in [9.17, 15) is 4.79 Å². The van der Waals surface area contributed by atoms with Gasteiger partial charge < -0.3 is 10.4 Å². The number of nitrogens with zero attached hydrogens (tertiary/aromatic N) is 1. The Kier molecular flexibility index (Phi) is 4.29. The Morgan fingerprint density at radius 2 is 2.29 bits per heavy atom. The molecule has 88 valence electrons. The van der Waals surface area contributed by atoms with E-state index in [4.69, 9.17) is 10.4 Å². The van der Waals surface area contributed by atoms with Crippen molar-refractivity contribution >= 4 is 11.7 Å². The van der Waals surface area contributed by atoms with E-state index in [0.29, 0.717) is 17.7 Å². The second-order valence-corrected chi connectivity index (χ2v) is 3.79. The third-order valence-electron chi connectivity index (χ3n) is 2.31. The van der Waals surface area contributed by atoms with Crippen LogP contribution in [0.4, 0.5) is 5.69 Å². The van der Waals surface area contributed by atoms with Crippen LogP contribution in [0.15, 0.2) is 29.8 Å². The molecule has 0 saturated carbocycles. The van der Waals surface area contributed by atoms with Crippen molar-refractivity contribution in [3.8, 4) is 6.07 Å². The van der Waals surface area contributed by atoms with E-state index < -0.39 is 5.97 Å². The largest absolute Gasteiger partial charge is 0.478 e. The van der Waals surface area contributed by atoms with Crippen molar-refractivity contribution in [2.45, 2.75) is 13.8 Å². The Balaban J connectivity index is 2.81. The maximum atomic E-state index is 10.4. The Hall–Kier alpha value is -2.28. The summed E-state index contributed by atoms with van der Waals surface area (Å²) in [6, 6.07) is 7.66. The highest BCUT2D eigenvalue weighted by Gasteiger charge is 2.04. The molecule has 2 N–H and O–H groups in total. The summed E-state index contributed by atoms with van der Waals surface area (Å²) < 4.78 is 0. The number of anilines is 1. The molecule has 1 rings (SSSR count). The van der Waals surface area contributed by atoms with Gasteiger partial charge in [0.25, 0.3) is 0 Å². The summed E-state index contributed by atoms with van der Waals surface area (Å²) in [6.45, 7) is 4.00. The molecule has 0 radical (unpaired) electrons. The third-order valence-corrected chi connectivity index (χ3v) is 2.31. The standard InChI is InChI=1S/C13H14N2O2/c1-9(6-13(16)17)8-15-12-5-3-4-10(2)11(12)7-14/h3-6,15H,8H2,1-2H3,(H,16,17)/b9-6-. The molecule has 4 nitrogen and oxygen atoms in total. The lowest BCUT2D eigenvalue weighted by atomic mass is 10.1. The smallest absolute Gasteiger partial charge is 0.328 e. The van der Waals surface area contributed by atoms with Gasteiger partial charge in [-0.1, -0.05) is 12.1 Å². The molecule has 17 heavy (non-hydrogen) atoms. The number of aliphatic carboxylic acids is 1. The number of carbonyl (C=O) groups is 1. The molecule has 1 aromatic rings. The van der Waals surface area contributed by atoms with E-state index in [1.165, 1.54) is 0 Å². The van der Waals surface area contributed by atoms with Gasteiger partial charge in [-0.3, -0.25) is 0 Å². The number of hydrogen-bond acceptors (Lipinski definition) is 3. The van der Waals surface area contributed by atoms with Gasteiger partial charge >= 0.3 is 5.97 Å². The molecule has 0 aliphatic heterocycles. The van der Waals surface area contributed by atoms with Crippen molar-refractivity contribution < 1.29 is 9.90 Å². The first-order valence-electron chi connectivity index (χ1n) is 5.18. The van der Waals surface area contributed by atoms with Crippen LogP contribution in [0.5, 0.6) is 0 Å². The lowest BCUT2D eigenvalue weighted by Gasteiger charge is -2.09. The lowest BCUT2D eigenvalue weighted by molar-refractivity contribution is -0.131. The van der Waals surface area contributed by atoms with Crippen molar-refractivity contribution in [1.82, 2.24) is 0 Å². The molecule has 0 bridgehead atoms. The van der Waals surface area contributed by atoms with Crippen LogP contribution in [-0.4, -0.2) is 17.6 Å². The fourth-order valence-corrected chi connectivity index (χ4v) is 1.46. The van der Waals surface area contributed by atoms with Crippen molar-refractivity contribution in [2.75, 3.05) is 11.9 Å². The van der Waals surface area contributed by atoms with Crippen LogP contribution < -0.4 is 5.32 Å². The minimum Gasteiger partial charge on any atom is -0.478 e. The number of nitrogens with one attached hydrogen (secondary N) is 1. The number of nitriles is 1. The summed E-state index contributed by atoms with van der Waals surface area (Å²) in [4.78, 5) is 10.4. The highest BCUT2D eigenvalue weighted by atomic mass is 16.4. The molecule has 0 atom stereocenters. The molecule has 0 amide bonds. The van der Waals surface area contributed by atoms with Crippen LogP contribution in [0, 0.1) is 18.3 Å². The van der Waals surface area contributed by atoms with Gasteiger partial charge in [-0.2, -0.15) is 5.26 Å². The van der Waals surface area contributed by atoms with Crippen LogP contribution >= 0.6 is 0 Å². The summed E-state index contributed by atoms with van der Waals surface area (Å²) in [5.41, 5.74) is 2.92. The molecule has 0 aliphatic rings. The van der Waals surface area contributed by atoms with Gasteiger partial charge in [0.2, 0.25) is 0 Å². The summed E-state index contributed by atoms with van der Waals surface area (Å²) in [7, 11) is 0. The summed E-state index contributed by atoms with van der Waals surface area (Å²) in [5.74, 6) is -0.964. The first-order valence-corrected chi connectivity index (χ1v) is 5.18. The zero-order valence-corrected chi connectivity index (χ0v) is 9.82. The van der Waals surface area contributed by atoms with E-state index >= 15 is 0 Å². The Bertz CT molecular complexity index is 499. The monoisotopic (exact) mass is 230 g/mol. The van der Waals surface area contributed by atoms with Gasteiger partial charge in [0, 0.05) is 12.6 Å².